The molecule has 0 saturated carbocycles. The van der Waals surface area contributed by atoms with Gasteiger partial charge < -0.3 is 14.4 Å². The van der Waals surface area contributed by atoms with Gasteiger partial charge in [0.05, 0.1) is 17.5 Å². The third-order valence-corrected chi connectivity index (χ3v) is 7.60. The van der Waals surface area contributed by atoms with Gasteiger partial charge in [-0.05, 0) is 12.1 Å². The molecule has 9 heteroatoms. The molecule has 0 aromatic heterocycles. The number of ether oxygens (including phenoxy) is 2. The van der Waals surface area contributed by atoms with Crippen molar-refractivity contribution in [3.8, 4) is 11.5 Å². The van der Waals surface area contributed by atoms with Crippen molar-refractivity contribution in [1.29, 1.82) is 0 Å². The highest BCUT2D eigenvalue weighted by atomic mass is 32.2. The predicted octanol–water partition coefficient (Wildman–Crippen LogP) is 1.47. The Labute approximate surface area is 150 Å². The highest BCUT2D eigenvalue weighted by Gasteiger charge is 2.49. The Bertz CT molecular complexity index is 852. The van der Waals surface area contributed by atoms with Crippen molar-refractivity contribution in [1.82, 2.24) is 0 Å². The zero-order valence-corrected chi connectivity index (χ0v) is 15.3. The molecule has 2 saturated heterocycles. The second-order valence-electron chi connectivity index (χ2n) is 6.14. The third kappa shape index (κ3) is 3.10. The zero-order chi connectivity index (χ0) is 17.6. The standard InChI is InChI=1S/C16H18N2O5S2/c1-2-15(19)17-16-18(11-8-25(20,21)9-14(11)24-16)10-3-4-12-13(7-10)23-6-5-22-12/h3-4,7,11,14H,2,5-6,8-9H2,1H3. The van der Waals surface area contributed by atoms with Crippen LogP contribution >= 0.6 is 11.8 Å². The first-order valence-corrected chi connectivity index (χ1v) is 10.8. The summed E-state index contributed by atoms with van der Waals surface area (Å²) in [6.45, 7) is 2.74. The molecule has 3 aliphatic rings. The highest BCUT2D eigenvalue weighted by molar-refractivity contribution is 8.16. The van der Waals surface area contributed by atoms with Crippen molar-refractivity contribution < 1.29 is 22.7 Å². The summed E-state index contributed by atoms with van der Waals surface area (Å²) < 4.78 is 35.3. The lowest BCUT2D eigenvalue weighted by molar-refractivity contribution is -0.117. The fourth-order valence-electron chi connectivity index (χ4n) is 3.23. The van der Waals surface area contributed by atoms with E-state index in [0.717, 1.165) is 5.69 Å². The number of nitrogens with zero attached hydrogens (tertiary/aromatic N) is 2. The number of carbonyl (C=O) groups excluding carboxylic acids is 1. The molecule has 2 unspecified atom stereocenters. The SMILES string of the molecule is CCC(=O)N=C1SC2CS(=O)(=O)CC2N1c1ccc2c(c1)OCCO2. The minimum absolute atomic E-state index is 0.0679. The van der Waals surface area contributed by atoms with Crippen LogP contribution in [0.5, 0.6) is 11.5 Å². The zero-order valence-electron chi connectivity index (χ0n) is 13.7. The van der Waals surface area contributed by atoms with Crippen LogP contribution in [0.3, 0.4) is 0 Å². The molecule has 1 aromatic carbocycles. The molecule has 7 nitrogen and oxygen atoms in total. The smallest absolute Gasteiger partial charge is 0.247 e. The number of thioether (sulfide) groups is 1. The average Bonchev–Trinajstić information content (AvgIpc) is 3.05. The van der Waals surface area contributed by atoms with E-state index in [0.29, 0.717) is 36.3 Å². The molecule has 0 radical (unpaired) electrons. The van der Waals surface area contributed by atoms with Gasteiger partial charge in [-0.2, -0.15) is 4.99 Å². The van der Waals surface area contributed by atoms with E-state index in [4.69, 9.17) is 9.47 Å². The van der Waals surface area contributed by atoms with Crippen molar-refractivity contribution in [2.45, 2.75) is 24.6 Å². The van der Waals surface area contributed by atoms with E-state index < -0.39 is 9.84 Å². The topological polar surface area (TPSA) is 85.3 Å². The Hall–Kier alpha value is -1.74. The summed E-state index contributed by atoms with van der Waals surface area (Å²) in [6.07, 6.45) is 0.312. The number of fused-ring (bicyclic) bond motifs is 2. The van der Waals surface area contributed by atoms with Gasteiger partial charge in [0.15, 0.2) is 26.5 Å². The van der Waals surface area contributed by atoms with E-state index in [2.05, 4.69) is 4.99 Å². The molecule has 1 aromatic rings. The van der Waals surface area contributed by atoms with Crippen LogP contribution in [0.15, 0.2) is 23.2 Å². The molecule has 0 N–H and O–H groups in total. The van der Waals surface area contributed by atoms with E-state index >= 15 is 0 Å². The Kier molecular flexibility index (Phi) is 4.15. The molecular formula is C16H18N2O5S2. The lowest BCUT2D eigenvalue weighted by Gasteiger charge is -2.26. The van der Waals surface area contributed by atoms with Gasteiger partial charge in [0.2, 0.25) is 5.91 Å². The fraction of sp³-hybridized carbons (Fsp3) is 0.500. The maximum Gasteiger partial charge on any atom is 0.247 e. The molecule has 3 heterocycles. The van der Waals surface area contributed by atoms with Crippen LogP contribution in [0, 0.1) is 0 Å². The quantitative estimate of drug-likeness (QED) is 0.766. The van der Waals surface area contributed by atoms with E-state index in [1.807, 2.05) is 23.1 Å². The average molecular weight is 382 g/mol. The first kappa shape index (κ1) is 16.7. The van der Waals surface area contributed by atoms with Crippen LogP contribution in [0.25, 0.3) is 0 Å². The second kappa shape index (κ2) is 6.21. The first-order valence-electron chi connectivity index (χ1n) is 8.14. The molecule has 0 aliphatic carbocycles. The monoisotopic (exact) mass is 382 g/mol. The number of amides is 1. The number of amidine groups is 1. The molecule has 0 bridgehead atoms. The summed E-state index contributed by atoms with van der Waals surface area (Å²) >= 11 is 1.37. The number of anilines is 1. The van der Waals surface area contributed by atoms with E-state index in [9.17, 15) is 13.2 Å². The summed E-state index contributed by atoms with van der Waals surface area (Å²) in [7, 11) is -3.08. The second-order valence-corrected chi connectivity index (χ2v) is 9.50. The van der Waals surface area contributed by atoms with Gasteiger partial charge in [-0.25, -0.2) is 8.42 Å². The minimum Gasteiger partial charge on any atom is -0.486 e. The molecule has 3 aliphatic heterocycles. The Morgan fingerprint density at radius 3 is 2.80 bits per heavy atom. The first-order chi connectivity index (χ1) is 12.0. The van der Waals surface area contributed by atoms with Crippen LogP contribution in [-0.4, -0.2) is 55.5 Å². The normalized spacial score (nSPS) is 28.2. The lowest BCUT2D eigenvalue weighted by Crippen LogP contribution is -2.37. The maximum absolute atomic E-state index is 12.0. The van der Waals surface area contributed by atoms with Crippen molar-refractivity contribution in [2.75, 3.05) is 29.6 Å². The number of hydrogen-bond acceptors (Lipinski definition) is 6. The van der Waals surface area contributed by atoms with E-state index in [-0.39, 0.29) is 28.7 Å². The lowest BCUT2D eigenvalue weighted by atomic mass is 10.2. The number of hydrogen-bond donors (Lipinski definition) is 0. The number of benzene rings is 1. The van der Waals surface area contributed by atoms with Gasteiger partial charge in [-0.3, -0.25) is 4.79 Å². The van der Waals surface area contributed by atoms with Gasteiger partial charge in [0.25, 0.3) is 0 Å². The van der Waals surface area contributed by atoms with Crippen LogP contribution in [0.2, 0.25) is 0 Å². The largest absolute Gasteiger partial charge is 0.486 e. The van der Waals surface area contributed by atoms with Gasteiger partial charge in [0.1, 0.15) is 13.2 Å². The number of rotatable bonds is 2. The van der Waals surface area contributed by atoms with E-state index in [1.54, 1.807) is 6.92 Å². The van der Waals surface area contributed by atoms with Crippen molar-refractivity contribution in [3.63, 3.8) is 0 Å². The fourth-order valence-corrected chi connectivity index (χ4v) is 7.17. The summed E-state index contributed by atoms with van der Waals surface area (Å²) in [4.78, 5) is 17.9. The Morgan fingerprint density at radius 2 is 2.04 bits per heavy atom. The van der Waals surface area contributed by atoms with Crippen molar-refractivity contribution in [2.24, 2.45) is 4.99 Å². The van der Waals surface area contributed by atoms with Crippen LogP contribution in [0.1, 0.15) is 13.3 Å². The number of sulfone groups is 1. The molecule has 0 spiro atoms. The molecule has 25 heavy (non-hydrogen) atoms. The van der Waals surface area contributed by atoms with E-state index in [1.165, 1.54) is 11.8 Å². The minimum atomic E-state index is -3.08. The van der Waals surface area contributed by atoms with Crippen LogP contribution < -0.4 is 14.4 Å². The molecule has 4 rings (SSSR count). The van der Waals surface area contributed by atoms with Gasteiger partial charge >= 0.3 is 0 Å². The Morgan fingerprint density at radius 1 is 1.28 bits per heavy atom. The van der Waals surface area contributed by atoms with Crippen LogP contribution in [-0.2, 0) is 14.6 Å². The number of carbonyl (C=O) groups is 1. The molecular weight excluding hydrogens is 364 g/mol. The molecule has 2 atom stereocenters. The molecule has 134 valence electrons. The van der Waals surface area contributed by atoms with Gasteiger partial charge in [-0.1, -0.05) is 18.7 Å². The Balaban J connectivity index is 1.74. The maximum atomic E-state index is 12.0. The highest BCUT2D eigenvalue weighted by Crippen LogP contribution is 2.43. The molecule has 1 amide bonds. The van der Waals surface area contributed by atoms with Crippen molar-refractivity contribution in [3.05, 3.63) is 18.2 Å². The summed E-state index contributed by atoms with van der Waals surface area (Å²) in [5.74, 6) is 1.26. The summed E-state index contributed by atoms with van der Waals surface area (Å²) in [5.41, 5.74) is 0.768. The predicted molar refractivity (Wildman–Crippen MR) is 96.5 cm³/mol. The van der Waals surface area contributed by atoms with Gasteiger partial charge in [-0.15, -0.1) is 0 Å². The summed E-state index contributed by atoms with van der Waals surface area (Å²) in [6, 6.07) is 5.27. The third-order valence-electron chi connectivity index (χ3n) is 4.39. The molecule has 2 fully saturated rings. The summed E-state index contributed by atoms with van der Waals surface area (Å²) in [5, 5.41) is 0.454. The number of aliphatic imine (C=N–C) groups is 1. The van der Waals surface area contributed by atoms with Crippen LogP contribution in [0.4, 0.5) is 5.69 Å². The van der Waals surface area contributed by atoms with Gasteiger partial charge in [0, 0.05) is 23.4 Å². The van der Waals surface area contributed by atoms with Crippen molar-refractivity contribution >= 4 is 38.4 Å².